The molecule has 1 fully saturated rings. The first-order valence-corrected chi connectivity index (χ1v) is 11.9. The highest BCUT2D eigenvalue weighted by atomic mass is 32.2. The Morgan fingerprint density at radius 1 is 1.19 bits per heavy atom. The minimum Gasteiger partial charge on any atom is -0.468 e. The Labute approximate surface area is 188 Å². The van der Waals surface area contributed by atoms with E-state index in [0.717, 1.165) is 20.5 Å². The van der Waals surface area contributed by atoms with Crippen molar-refractivity contribution in [1.82, 2.24) is 4.31 Å². The molecule has 0 saturated carbocycles. The minimum absolute atomic E-state index is 0.0717. The number of thiophene rings is 1. The highest BCUT2D eigenvalue weighted by Crippen LogP contribution is 2.32. The molecule has 1 unspecified atom stereocenters. The minimum atomic E-state index is -4.05. The topological polar surface area (TPSA) is 117 Å². The number of anilines is 2. The Kier molecular flexibility index (Phi) is 5.96. The van der Waals surface area contributed by atoms with Crippen molar-refractivity contribution in [2.24, 2.45) is 0 Å². The summed E-state index contributed by atoms with van der Waals surface area (Å²) in [5, 5.41) is 4.24. The highest BCUT2D eigenvalue weighted by molar-refractivity contribution is 7.91. The van der Waals surface area contributed by atoms with Gasteiger partial charge in [0.15, 0.2) is 0 Å². The summed E-state index contributed by atoms with van der Waals surface area (Å²) < 4.78 is 33.0. The van der Waals surface area contributed by atoms with Crippen LogP contribution in [0.4, 0.5) is 11.4 Å². The Morgan fingerprint density at radius 2 is 1.94 bits per heavy atom. The Morgan fingerprint density at radius 3 is 2.53 bits per heavy atom. The number of hydrogen-bond acceptors (Lipinski definition) is 7. The number of nitrogens with one attached hydrogen (secondary N) is 1. The van der Waals surface area contributed by atoms with Gasteiger partial charge in [0.1, 0.15) is 16.0 Å². The van der Waals surface area contributed by atoms with Crippen LogP contribution in [-0.4, -0.2) is 36.5 Å². The lowest BCUT2D eigenvalue weighted by Gasteiger charge is -2.25. The SMILES string of the molecule is CC(=O)Nc1ccc(N2C(=O)CC(N(Cc3ccco3)S(=O)(=O)c3cccs3)C2=O)cc1. The van der Waals surface area contributed by atoms with Crippen LogP contribution < -0.4 is 10.2 Å². The van der Waals surface area contributed by atoms with Crippen LogP contribution in [0.2, 0.25) is 0 Å². The predicted octanol–water partition coefficient (Wildman–Crippen LogP) is 2.82. The van der Waals surface area contributed by atoms with Crippen molar-refractivity contribution in [3.8, 4) is 0 Å². The average Bonchev–Trinajstić information content (AvgIpc) is 3.49. The molecular weight excluding hydrogens is 454 g/mol. The fourth-order valence-electron chi connectivity index (χ4n) is 3.45. The Hall–Kier alpha value is -3.28. The smallest absolute Gasteiger partial charge is 0.253 e. The first-order chi connectivity index (χ1) is 15.3. The summed E-state index contributed by atoms with van der Waals surface area (Å²) in [6.45, 7) is 1.18. The van der Waals surface area contributed by atoms with E-state index >= 15 is 0 Å². The molecule has 1 saturated heterocycles. The van der Waals surface area contributed by atoms with Crippen LogP contribution in [0.15, 0.2) is 68.8 Å². The third kappa shape index (κ3) is 4.22. The summed E-state index contributed by atoms with van der Waals surface area (Å²) in [4.78, 5) is 38.2. The van der Waals surface area contributed by atoms with Crippen molar-refractivity contribution in [1.29, 1.82) is 0 Å². The van der Waals surface area contributed by atoms with Gasteiger partial charge in [-0.25, -0.2) is 13.3 Å². The number of imide groups is 1. The lowest BCUT2D eigenvalue weighted by molar-refractivity contribution is -0.122. The Bertz CT molecular complexity index is 1240. The van der Waals surface area contributed by atoms with E-state index in [4.69, 9.17) is 4.42 Å². The first kappa shape index (κ1) is 21.9. The first-order valence-electron chi connectivity index (χ1n) is 9.59. The summed E-state index contributed by atoms with van der Waals surface area (Å²) >= 11 is 1.03. The molecular formula is C21H19N3O6S2. The van der Waals surface area contributed by atoms with Gasteiger partial charge in [-0.2, -0.15) is 4.31 Å². The fraction of sp³-hybridized carbons (Fsp3) is 0.190. The maximum Gasteiger partial charge on any atom is 0.253 e. The largest absolute Gasteiger partial charge is 0.468 e. The Balaban J connectivity index is 1.66. The van der Waals surface area contributed by atoms with E-state index in [-0.39, 0.29) is 23.1 Å². The summed E-state index contributed by atoms with van der Waals surface area (Å²) in [7, 11) is -4.05. The fourth-order valence-corrected chi connectivity index (χ4v) is 6.12. The molecule has 0 radical (unpaired) electrons. The van der Waals surface area contributed by atoms with Gasteiger partial charge in [-0.1, -0.05) is 6.07 Å². The van der Waals surface area contributed by atoms with Crippen LogP contribution in [0.1, 0.15) is 19.1 Å². The molecule has 9 nitrogen and oxygen atoms in total. The van der Waals surface area contributed by atoms with Gasteiger partial charge in [-0.05, 0) is 47.8 Å². The van der Waals surface area contributed by atoms with E-state index in [1.54, 1.807) is 35.7 Å². The van der Waals surface area contributed by atoms with Crippen molar-refractivity contribution >= 4 is 50.5 Å². The zero-order valence-electron chi connectivity index (χ0n) is 16.9. The second-order valence-electron chi connectivity index (χ2n) is 7.08. The van der Waals surface area contributed by atoms with Crippen molar-refractivity contribution in [3.05, 3.63) is 65.9 Å². The molecule has 1 atom stereocenters. The van der Waals surface area contributed by atoms with E-state index in [9.17, 15) is 22.8 Å². The zero-order chi connectivity index (χ0) is 22.9. The normalized spacial score (nSPS) is 16.7. The molecule has 1 aliphatic rings. The molecule has 1 N–H and O–H groups in total. The predicted molar refractivity (Wildman–Crippen MR) is 117 cm³/mol. The molecule has 0 bridgehead atoms. The third-order valence-electron chi connectivity index (χ3n) is 4.87. The molecule has 166 valence electrons. The summed E-state index contributed by atoms with van der Waals surface area (Å²) in [5.74, 6) is -1.06. The molecule has 0 aliphatic carbocycles. The molecule has 3 heterocycles. The number of furan rings is 1. The maximum absolute atomic E-state index is 13.3. The van der Waals surface area contributed by atoms with Crippen LogP contribution in [0, 0.1) is 0 Å². The van der Waals surface area contributed by atoms with Crippen molar-refractivity contribution in [2.75, 3.05) is 10.2 Å². The van der Waals surface area contributed by atoms with Crippen LogP contribution in [0.5, 0.6) is 0 Å². The van der Waals surface area contributed by atoms with Gasteiger partial charge in [0.2, 0.25) is 11.8 Å². The number of sulfonamides is 1. The molecule has 1 aliphatic heterocycles. The van der Waals surface area contributed by atoms with Crippen LogP contribution in [0.25, 0.3) is 0 Å². The van der Waals surface area contributed by atoms with E-state index in [0.29, 0.717) is 17.1 Å². The van der Waals surface area contributed by atoms with Gasteiger partial charge < -0.3 is 9.73 Å². The van der Waals surface area contributed by atoms with Gasteiger partial charge in [-0.3, -0.25) is 14.4 Å². The van der Waals surface area contributed by atoms with E-state index < -0.39 is 27.9 Å². The van der Waals surface area contributed by atoms with E-state index in [2.05, 4.69) is 5.32 Å². The van der Waals surface area contributed by atoms with E-state index in [1.807, 2.05) is 0 Å². The third-order valence-corrected chi connectivity index (χ3v) is 8.09. The number of carbonyl (C=O) groups is 3. The lowest BCUT2D eigenvalue weighted by Crippen LogP contribution is -2.44. The monoisotopic (exact) mass is 473 g/mol. The standard InChI is InChI=1S/C21H19N3O6S2/c1-14(25)22-15-6-8-16(9-7-15)24-19(26)12-18(21(24)27)23(13-17-4-2-10-30-17)32(28,29)20-5-3-11-31-20/h2-11,18H,12-13H2,1H3,(H,22,25). The maximum atomic E-state index is 13.3. The second kappa shape index (κ2) is 8.69. The molecule has 3 aromatic rings. The zero-order valence-corrected chi connectivity index (χ0v) is 18.6. The molecule has 0 spiro atoms. The van der Waals surface area contributed by atoms with Crippen molar-refractivity contribution < 1.29 is 27.2 Å². The lowest BCUT2D eigenvalue weighted by atomic mass is 10.2. The number of carbonyl (C=O) groups excluding carboxylic acids is 3. The van der Waals surface area contributed by atoms with Gasteiger partial charge in [0, 0.05) is 12.6 Å². The van der Waals surface area contributed by atoms with Crippen molar-refractivity contribution in [3.63, 3.8) is 0 Å². The number of rotatable bonds is 7. The summed E-state index contributed by atoms with van der Waals surface area (Å²) in [6.07, 6.45) is 1.12. The summed E-state index contributed by atoms with van der Waals surface area (Å²) in [6, 6.07) is 11.2. The number of hydrogen-bond donors (Lipinski definition) is 1. The average molecular weight is 474 g/mol. The number of nitrogens with zero attached hydrogens (tertiary/aromatic N) is 2. The van der Waals surface area contributed by atoms with Crippen LogP contribution in [-0.2, 0) is 31.0 Å². The molecule has 32 heavy (non-hydrogen) atoms. The van der Waals surface area contributed by atoms with Crippen molar-refractivity contribution in [2.45, 2.75) is 30.1 Å². The van der Waals surface area contributed by atoms with Gasteiger partial charge in [0.05, 0.1) is 24.9 Å². The molecule has 11 heteroatoms. The molecule has 3 amide bonds. The van der Waals surface area contributed by atoms with Gasteiger partial charge in [-0.15, -0.1) is 11.3 Å². The van der Waals surface area contributed by atoms with Gasteiger partial charge >= 0.3 is 0 Å². The highest BCUT2D eigenvalue weighted by Gasteiger charge is 2.47. The van der Waals surface area contributed by atoms with E-state index in [1.165, 1.54) is 31.4 Å². The van der Waals surface area contributed by atoms with Crippen LogP contribution >= 0.6 is 11.3 Å². The van der Waals surface area contributed by atoms with Crippen LogP contribution in [0.3, 0.4) is 0 Å². The van der Waals surface area contributed by atoms with Gasteiger partial charge in [0.25, 0.3) is 15.9 Å². The molecule has 2 aromatic heterocycles. The molecule has 1 aromatic carbocycles. The summed E-state index contributed by atoms with van der Waals surface area (Å²) in [5.41, 5.74) is 0.805. The number of benzene rings is 1. The quantitative estimate of drug-likeness (QED) is 0.528. The second-order valence-corrected chi connectivity index (χ2v) is 10.1. The number of amides is 3. The molecule has 4 rings (SSSR count).